The first kappa shape index (κ1) is 21.8. The average Bonchev–Trinajstić information content (AvgIpc) is 2.69. The molecule has 1 N–H and O–H groups in total. The SMILES string of the molecule is CCC(Oc1cccc(OC)c1)C(=O)NC(CC)c1ccc(S(C)(=O)=O)cc1. The van der Waals surface area contributed by atoms with Gasteiger partial charge in [-0.15, -0.1) is 0 Å². The highest BCUT2D eigenvalue weighted by Crippen LogP contribution is 2.22. The molecule has 2 aromatic carbocycles. The molecule has 28 heavy (non-hydrogen) atoms. The van der Waals surface area contributed by atoms with Crippen LogP contribution in [0, 0.1) is 0 Å². The molecular weight excluding hydrogens is 378 g/mol. The zero-order valence-electron chi connectivity index (χ0n) is 16.6. The van der Waals surface area contributed by atoms with Crippen LogP contribution < -0.4 is 14.8 Å². The minimum absolute atomic E-state index is 0.218. The molecule has 152 valence electrons. The number of carbonyl (C=O) groups excluding carboxylic acids is 1. The van der Waals surface area contributed by atoms with Crippen molar-refractivity contribution in [2.45, 2.75) is 43.7 Å². The lowest BCUT2D eigenvalue weighted by atomic mass is 10.0. The van der Waals surface area contributed by atoms with Gasteiger partial charge >= 0.3 is 0 Å². The average molecular weight is 406 g/mol. The second-order valence-electron chi connectivity index (χ2n) is 6.50. The predicted octanol–water partition coefficient (Wildman–Crippen LogP) is 3.52. The smallest absolute Gasteiger partial charge is 0.261 e. The first-order valence-electron chi connectivity index (χ1n) is 9.19. The Morgan fingerprint density at radius 1 is 1.04 bits per heavy atom. The third-order valence-corrected chi connectivity index (χ3v) is 5.55. The van der Waals surface area contributed by atoms with Gasteiger partial charge in [0, 0.05) is 12.3 Å². The molecule has 0 saturated carbocycles. The number of rotatable bonds is 9. The molecule has 0 saturated heterocycles. The van der Waals surface area contributed by atoms with E-state index in [-0.39, 0.29) is 16.8 Å². The molecule has 2 rings (SSSR count). The van der Waals surface area contributed by atoms with Crippen LogP contribution in [-0.4, -0.2) is 33.8 Å². The zero-order chi connectivity index (χ0) is 20.7. The largest absolute Gasteiger partial charge is 0.497 e. The van der Waals surface area contributed by atoms with Crippen molar-refractivity contribution in [3.63, 3.8) is 0 Å². The number of hydrogen-bond acceptors (Lipinski definition) is 5. The van der Waals surface area contributed by atoms with Gasteiger partial charge in [-0.2, -0.15) is 0 Å². The van der Waals surface area contributed by atoms with Gasteiger partial charge < -0.3 is 14.8 Å². The second kappa shape index (κ2) is 9.59. The van der Waals surface area contributed by atoms with Gasteiger partial charge in [0.15, 0.2) is 15.9 Å². The highest BCUT2D eigenvalue weighted by Gasteiger charge is 2.22. The standard InChI is InChI=1S/C21H27NO5S/c1-5-19(15-10-12-18(13-11-15)28(4,24)25)22-21(23)20(6-2)27-17-9-7-8-16(14-17)26-3/h7-14,19-20H,5-6H2,1-4H3,(H,22,23). The maximum Gasteiger partial charge on any atom is 0.261 e. The van der Waals surface area contributed by atoms with E-state index >= 15 is 0 Å². The van der Waals surface area contributed by atoms with Crippen molar-refractivity contribution in [3.8, 4) is 11.5 Å². The van der Waals surface area contributed by atoms with Gasteiger partial charge in [0.2, 0.25) is 0 Å². The number of hydrogen-bond donors (Lipinski definition) is 1. The topological polar surface area (TPSA) is 81.7 Å². The predicted molar refractivity (Wildman–Crippen MR) is 108 cm³/mol. The fourth-order valence-electron chi connectivity index (χ4n) is 2.79. The summed E-state index contributed by atoms with van der Waals surface area (Å²) >= 11 is 0. The fraction of sp³-hybridized carbons (Fsp3) is 0.381. The van der Waals surface area contributed by atoms with Crippen LogP contribution in [0.25, 0.3) is 0 Å². The van der Waals surface area contributed by atoms with Crippen molar-refractivity contribution >= 4 is 15.7 Å². The normalized spacial score (nSPS) is 13.4. The fourth-order valence-corrected chi connectivity index (χ4v) is 3.42. The van der Waals surface area contributed by atoms with E-state index in [2.05, 4.69) is 5.32 Å². The van der Waals surface area contributed by atoms with E-state index in [0.717, 1.165) is 5.56 Å². The molecule has 0 radical (unpaired) electrons. The van der Waals surface area contributed by atoms with Crippen molar-refractivity contribution in [3.05, 3.63) is 54.1 Å². The summed E-state index contributed by atoms with van der Waals surface area (Å²) in [5, 5.41) is 3.00. The van der Waals surface area contributed by atoms with Crippen molar-refractivity contribution in [1.29, 1.82) is 0 Å². The van der Waals surface area contributed by atoms with Gasteiger partial charge in [-0.05, 0) is 42.7 Å². The molecule has 0 fully saturated rings. The summed E-state index contributed by atoms with van der Waals surface area (Å²) in [5.41, 5.74) is 0.847. The Hall–Kier alpha value is -2.54. The maximum atomic E-state index is 12.7. The van der Waals surface area contributed by atoms with Crippen LogP contribution in [0.5, 0.6) is 11.5 Å². The Balaban J connectivity index is 2.10. The van der Waals surface area contributed by atoms with E-state index in [9.17, 15) is 13.2 Å². The van der Waals surface area contributed by atoms with E-state index < -0.39 is 15.9 Å². The Morgan fingerprint density at radius 2 is 1.68 bits per heavy atom. The monoisotopic (exact) mass is 405 g/mol. The lowest BCUT2D eigenvalue weighted by Gasteiger charge is -2.22. The zero-order valence-corrected chi connectivity index (χ0v) is 17.5. The molecule has 2 atom stereocenters. The molecule has 0 aliphatic rings. The Bertz CT molecular complexity index is 893. The molecule has 2 aromatic rings. The number of nitrogens with one attached hydrogen (secondary N) is 1. The first-order chi connectivity index (χ1) is 13.3. The van der Waals surface area contributed by atoms with E-state index in [1.807, 2.05) is 13.8 Å². The van der Waals surface area contributed by atoms with Crippen LogP contribution in [0.1, 0.15) is 38.3 Å². The quantitative estimate of drug-likeness (QED) is 0.690. The maximum absolute atomic E-state index is 12.7. The van der Waals surface area contributed by atoms with Crippen LogP contribution in [0.3, 0.4) is 0 Å². The summed E-state index contributed by atoms with van der Waals surface area (Å²) in [6, 6.07) is 13.5. The summed E-state index contributed by atoms with van der Waals surface area (Å²) in [4.78, 5) is 13.0. The van der Waals surface area contributed by atoms with E-state index in [0.29, 0.717) is 24.3 Å². The lowest BCUT2D eigenvalue weighted by Crippen LogP contribution is -2.39. The number of sulfone groups is 1. The summed E-state index contributed by atoms with van der Waals surface area (Å²) in [7, 11) is -1.68. The number of carbonyl (C=O) groups is 1. The Kier molecular flexibility index (Phi) is 7.45. The molecule has 0 aliphatic carbocycles. The molecule has 1 amide bonds. The minimum atomic E-state index is -3.25. The number of methoxy groups -OCH3 is 1. The van der Waals surface area contributed by atoms with Crippen LogP contribution >= 0.6 is 0 Å². The first-order valence-corrected chi connectivity index (χ1v) is 11.1. The number of benzene rings is 2. The van der Waals surface area contributed by atoms with Gasteiger partial charge in [-0.25, -0.2) is 8.42 Å². The van der Waals surface area contributed by atoms with Crippen molar-refractivity contribution < 1.29 is 22.7 Å². The molecule has 0 bridgehead atoms. The minimum Gasteiger partial charge on any atom is -0.497 e. The van der Waals surface area contributed by atoms with Crippen molar-refractivity contribution in [2.75, 3.05) is 13.4 Å². The van der Waals surface area contributed by atoms with Gasteiger partial charge in [0.1, 0.15) is 11.5 Å². The molecule has 0 heterocycles. The molecular formula is C21H27NO5S. The molecule has 6 nitrogen and oxygen atoms in total. The molecule has 0 aliphatic heterocycles. The summed E-state index contributed by atoms with van der Waals surface area (Å²) < 4.78 is 34.2. The third-order valence-electron chi connectivity index (χ3n) is 4.42. The van der Waals surface area contributed by atoms with Gasteiger partial charge in [0.05, 0.1) is 18.0 Å². The van der Waals surface area contributed by atoms with Crippen molar-refractivity contribution in [2.24, 2.45) is 0 Å². The van der Waals surface area contributed by atoms with Crippen molar-refractivity contribution in [1.82, 2.24) is 5.32 Å². The molecule has 0 spiro atoms. The van der Waals surface area contributed by atoms with Crippen LogP contribution in [-0.2, 0) is 14.6 Å². The summed E-state index contributed by atoms with van der Waals surface area (Å²) in [6.45, 7) is 3.84. The van der Waals surface area contributed by atoms with Crippen LogP contribution in [0.4, 0.5) is 0 Å². The number of ether oxygens (including phenoxy) is 2. The molecule has 7 heteroatoms. The Morgan fingerprint density at radius 3 is 2.21 bits per heavy atom. The third kappa shape index (κ3) is 5.73. The van der Waals surface area contributed by atoms with Gasteiger partial charge in [-0.1, -0.05) is 32.0 Å². The van der Waals surface area contributed by atoms with E-state index in [4.69, 9.17) is 9.47 Å². The van der Waals surface area contributed by atoms with Crippen LogP contribution in [0.2, 0.25) is 0 Å². The molecule has 0 aromatic heterocycles. The Labute approximate surface area is 166 Å². The summed E-state index contributed by atoms with van der Waals surface area (Å²) in [6.07, 6.45) is 1.70. The highest BCUT2D eigenvalue weighted by atomic mass is 32.2. The highest BCUT2D eigenvalue weighted by molar-refractivity contribution is 7.90. The molecule has 2 unspecified atom stereocenters. The second-order valence-corrected chi connectivity index (χ2v) is 8.52. The lowest BCUT2D eigenvalue weighted by molar-refractivity contribution is -0.129. The van der Waals surface area contributed by atoms with Gasteiger partial charge in [-0.3, -0.25) is 4.79 Å². The van der Waals surface area contributed by atoms with Gasteiger partial charge in [0.25, 0.3) is 5.91 Å². The number of amides is 1. The van der Waals surface area contributed by atoms with E-state index in [1.54, 1.807) is 55.6 Å². The van der Waals surface area contributed by atoms with E-state index in [1.165, 1.54) is 6.26 Å². The van der Waals surface area contributed by atoms with Crippen LogP contribution in [0.15, 0.2) is 53.4 Å². The summed E-state index contributed by atoms with van der Waals surface area (Å²) in [5.74, 6) is 1.00.